The Morgan fingerprint density at radius 2 is 0.633 bits per heavy atom. The Labute approximate surface area is 380 Å². The third-order valence-corrected chi connectivity index (χ3v) is 14.0. The van der Waals surface area contributed by atoms with Gasteiger partial charge in [0.1, 0.15) is 0 Å². The first-order valence-electron chi connectivity index (χ1n) is 28.3. The van der Waals surface area contributed by atoms with Gasteiger partial charge in [0, 0.05) is 51.9 Å². The lowest BCUT2D eigenvalue weighted by atomic mass is 10.1. The van der Waals surface area contributed by atoms with Crippen LogP contribution >= 0.6 is 0 Å². The fourth-order valence-corrected chi connectivity index (χ4v) is 9.62. The van der Waals surface area contributed by atoms with Crippen LogP contribution in [0.25, 0.3) is 0 Å². The molecule has 0 amide bonds. The molecule has 1 aliphatic heterocycles. The maximum absolute atomic E-state index is 4.17. The highest BCUT2D eigenvalue weighted by Gasteiger charge is 2.20. The van der Waals surface area contributed by atoms with Gasteiger partial charge in [0.15, 0.2) is 0 Å². The highest BCUT2D eigenvalue weighted by Crippen LogP contribution is 2.15. The summed E-state index contributed by atoms with van der Waals surface area (Å²) >= 11 is 0. The molecule has 1 unspecified atom stereocenters. The van der Waals surface area contributed by atoms with Crippen LogP contribution in [0.4, 0.5) is 0 Å². The van der Waals surface area contributed by atoms with E-state index in [2.05, 4.69) is 59.5 Å². The van der Waals surface area contributed by atoms with Crippen LogP contribution in [0.15, 0.2) is 0 Å². The first kappa shape index (κ1) is 57.8. The molecule has 1 rings (SSSR count). The van der Waals surface area contributed by atoms with E-state index < -0.39 is 0 Å². The molecule has 0 aromatic rings. The molecule has 0 aromatic carbocycles. The molecule has 0 radical (unpaired) electrons. The van der Waals surface area contributed by atoms with E-state index in [1.165, 1.54) is 316 Å². The van der Waals surface area contributed by atoms with Crippen LogP contribution in [-0.2, 0) is 0 Å². The van der Waals surface area contributed by atoms with Crippen molar-refractivity contribution in [1.29, 1.82) is 0 Å². The van der Waals surface area contributed by atoms with Gasteiger partial charge in [-0.05, 0) is 77.8 Å². The quantitative estimate of drug-likeness (QED) is 0.0615. The first-order chi connectivity index (χ1) is 29.7. The summed E-state index contributed by atoms with van der Waals surface area (Å²) in [4.78, 5) is 11.4. The van der Waals surface area contributed by atoms with Crippen LogP contribution in [0.3, 0.4) is 0 Å². The second kappa shape index (κ2) is 46.8. The molecule has 1 atom stereocenters. The fourth-order valence-electron chi connectivity index (χ4n) is 9.62. The molecule has 360 valence electrons. The average molecular weight is 847 g/mol. The summed E-state index contributed by atoms with van der Waals surface area (Å²) in [7, 11) is 0. The van der Waals surface area contributed by atoms with Gasteiger partial charge in [0.2, 0.25) is 0 Å². The number of hydrogen-bond acceptors (Lipinski definition) is 5. The van der Waals surface area contributed by atoms with Crippen molar-refractivity contribution in [2.75, 3.05) is 85.1 Å². The van der Waals surface area contributed by atoms with Crippen LogP contribution in [-0.4, -0.2) is 111 Å². The van der Waals surface area contributed by atoms with Gasteiger partial charge < -0.3 is 20.0 Å². The van der Waals surface area contributed by atoms with Gasteiger partial charge in [-0.3, -0.25) is 4.90 Å². The van der Waals surface area contributed by atoms with Crippen LogP contribution < -0.4 is 5.32 Å². The zero-order chi connectivity index (χ0) is 43.2. The summed E-state index contributed by atoms with van der Waals surface area (Å²) in [5, 5.41) is 4.17. The Morgan fingerprint density at radius 3 is 1.00 bits per heavy atom. The molecule has 0 aromatic heterocycles. The van der Waals surface area contributed by atoms with Crippen LogP contribution in [0.5, 0.6) is 0 Å². The van der Waals surface area contributed by atoms with Crippen molar-refractivity contribution in [2.45, 2.75) is 272 Å². The summed E-state index contributed by atoms with van der Waals surface area (Å²) in [5.74, 6) is 0. The zero-order valence-electron chi connectivity index (χ0n) is 42.5. The minimum atomic E-state index is 0.629. The Kier molecular flexibility index (Phi) is 45.1. The summed E-state index contributed by atoms with van der Waals surface area (Å²) in [6, 6.07) is 0.629. The number of unbranched alkanes of at least 4 members (excludes halogenated alkanes) is 30. The van der Waals surface area contributed by atoms with E-state index in [9.17, 15) is 0 Å². The summed E-state index contributed by atoms with van der Waals surface area (Å²) in [5.41, 5.74) is 0. The lowest BCUT2D eigenvalue weighted by molar-refractivity contribution is 0.112. The van der Waals surface area contributed by atoms with Gasteiger partial charge >= 0.3 is 0 Å². The molecule has 5 heteroatoms. The van der Waals surface area contributed by atoms with Crippen molar-refractivity contribution in [3.63, 3.8) is 0 Å². The second-order valence-corrected chi connectivity index (χ2v) is 19.9. The Morgan fingerprint density at radius 1 is 0.333 bits per heavy atom. The highest BCUT2D eigenvalue weighted by atomic mass is 15.3. The van der Waals surface area contributed by atoms with Gasteiger partial charge in [-0.1, -0.05) is 227 Å². The molecule has 1 fully saturated rings. The van der Waals surface area contributed by atoms with Crippen molar-refractivity contribution < 1.29 is 0 Å². The molecule has 5 nitrogen and oxygen atoms in total. The topological polar surface area (TPSA) is 25.0 Å². The number of nitrogens with one attached hydrogen (secondary N) is 1. The first-order valence-corrected chi connectivity index (χ1v) is 28.3. The minimum absolute atomic E-state index is 0.629. The standard InChI is InChI=1S/C55H115N5/c1-6-11-16-21-26-31-36-42-56-55(54-60(45-39-34-29-24-19-14-9-4)46-40-35-30-25-20-15-10-5)41-47-58-49-52-59(53-50-58)51-48-57(43-37-32-27-22-17-12-7-2)44-38-33-28-23-18-13-8-3/h55-56H,6-54H2,1-5H3. The lowest BCUT2D eigenvalue weighted by Gasteiger charge is -2.37. The molecule has 0 saturated carbocycles. The largest absolute Gasteiger partial charge is 0.313 e. The Hall–Kier alpha value is -0.200. The number of rotatable bonds is 49. The SMILES string of the molecule is CCCCCCCCCNC(CCN1CCN(CCN(CCCCCCCCC)CCCCCCCCC)CC1)CN(CCCCCCCCC)CCCCCCCCC. The summed E-state index contributed by atoms with van der Waals surface area (Å²) < 4.78 is 0. The maximum Gasteiger partial charge on any atom is 0.0207 e. The van der Waals surface area contributed by atoms with Crippen molar-refractivity contribution in [1.82, 2.24) is 24.9 Å². The molecule has 1 saturated heterocycles. The third-order valence-electron chi connectivity index (χ3n) is 14.0. The van der Waals surface area contributed by atoms with Gasteiger partial charge in [-0.2, -0.15) is 0 Å². The van der Waals surface area contributed by atoms with E-state index >= 15 is 0 Å². The average Bonchev–Trinajstić information content (AvgIpc) is 3.26. The van der Waals surface area contributed by atoms with Crippen LogP contribution in [0, 0.1) is 0 Å². The predicted octanol–water partition coefficient (Wildman–Crippen LogP) is 15.3. The monoisotopic (exact) mass is 846 g/mol. The van der Waals surface area contributed by atoms with Gasteiger partial charge in [0.25, 0.3) is 0 Å². The molecule has 1 heterocycles. The van der Waals surface area contributed by atoms with E-state index in [4.69, 9.17) is 0 Å². The molecular formula is C55H115N5. The fraction of sp³-hybridized carbons (Fsp3) is 1.00. The Bertz CT molecular complexity index is 764. The maximum atomic E-state index is 4.17. The van der Waals surface area contributed by atoms with Crippen molar-refractivity contribution in [3.8, 4) is 0 Å². The number of piperazine rings is 1. The van der Waals surface area contributed by atoms with Gasteiger partial charge in [0.05, 0.1) is 0 Å². The molecule has 60 heavy (non-hydrogen) atoms. The molecule has 0 bridgehead atoms. The van der Waals surface area contributed by atoms with Crippen molar-refractivity contribution >= 4 is 0 Å². The molecule has 1 aliphatic rings. The highest BCUT2D eigenvalue weighted by molar-refractivity contribution is 4.79. The van der Waals surface area contributed by atoms with Crippen LogP contribution in [0.1, 0.15) is 266 Å². The smallest absolute Gasteiger partial charge is 0.0207 e. The molecule has 0 aliphatic carbocycles. The lowest BCUT2D eigenvalue weighted by Crippen LogP contribution is -2.50. The molecule has 1 N–H and O–H groups in total. The van der Waals surface area contributed by atoms with Crippen molar-refractivity contribution in [3.05, 3.63) is 0 Å². The van der Waals surface area contributed by atoms with E-state index in [-0.39, 0.29) is 0 Å². The van der Waals surface area contributed by atoms with E-state index in [0.29, 0.717) is 6.04 Å². The van der Waals surface area contributed by atoms with E-state index in [1.807, 2.05) is 0 Å². The predicted molar refractivity (Wildman–Crippen MR) is 272 cm³/mol. The van der Waals surface area contributed by atoms with Gasteiger partial charge in [-0.25, -0.2) is 0 Å². The Balaban J connectivity index is 2.67. The van der Waals surface area contributed by atoms with Crippen LogP contribution in [0.2, 0.25) is 0 Å². The molecule has 0 spiro atoms. The van der Waals surface area contributed by atoms with E-state index in [0.717, 1.165) is 0 Å². The number of nitrogens with zero attached hydrogens (tertiary/aromatic N) is 4. The molecular weight excluding hydrogens is 731 g/mol. The van der Waals surface area contributed by atoms with Gasteiger partial charge in [-0.15, -0.1) is 0 Å². The second-order valence-electron chi connectivity index (χ2n) is 19.9. The third kappa shape index (κ3) is 38.3. The normalized spacial score (nSPS) is 14.7. The zero-order valence-corrected chi connectivity index (χ0v) is 42.5. The van der Waals surface area contributed by atoms with Crippen molar-refractivity contribution in [2.24, 2.45) is 0 Å². The minimum Gasteiger partial charge on any atom is -0.313 e. The van der Waals surface area contributed by atoms with E-state index in [1.54, 1.807) is 0 Å². The number of hydrogen-bond donors (Lipinski definition) is 1. The summed E-state index contributed by atoms with van der Waals surface area (Å²) in [6.07, 6.45) is 50.8. The summed E-state index contributed by atoms with van der Waals surface area (Å²) in [6.45, 7) is 28.3.